The summed E-state index contributed by atoms with van der Waals surface area (Å²) < 4.78 is 13.3. The Morgan fingerprint density at radius 1 is 1.32 bits per heavy atom. The van der Waals surface area contributed by atoms with Gasteiger partial charge in [0.15, 0.2) is 0 Å². The van der Waals surface area contributed by atoms with Crippen molar-refractivity contribution in [3.8, 4) is 5.75 Å². The first-order chi connectivity index (χ1) is 9.08. The fourth-order valence-corrected chi connectivity index (χ4v) is 2.39. The van der Waals surface area contributed by atoms with Gasteiger partial charge in [-0.05, 0) is 30.7 Å². The molecule has 1 fully saturated rings. The summed E-state index contributed by atoms with van der Waals surface area (Å²) in [5.74, 6) is -1.92. The number of hydrogen-bond donors (Lipinski definition) is 3. The van der Waals surface area contributed by atoms with Crippen molar-refractivity contribution in [3.63, 3.8) is 0 Å². The van der Waals surface area contributed by atoms with Crippen molar-refractivity contribution < 1.29 is 19.4 Å². The molecule has 1 aromatic carbocycles. The molecule has 0 bridgehead atoms. The molecule has 1 atom stereocenters. The summed E-state index contributed by atoms with van der Waals surface area (Å²) in [7, 11) is 0. The highest BCUT2D eigenvalue weighted by atomic mass is 19.1. The van der Waals surface area contributed by atoms with Crippen LogP contribution in [0.25, 0.3) is 0 Å². The van der Waals surface area contributed by atoms with E-state index in [4.69, 9.17) is 0 Å². The number of rotatable bonds is 3. The number of carbonyl (C=O) groups is 1. The molecule has 0 aromatic heterocycles. The van der Waals surface area contributed by atoms with Crippen LogP contribution in [0.1, 0.15) is 18.0 Å². The Bertz CT molecular complexity index is 439. The smallest absolute Gasteiger partial charge is 0.325 e. The molecule has 1 heterocycles. The molecule has 104 valence electrons. The van der Waals surface area contributed by atoms with Gasteiger partial charge in [-0.25, -0.2) is 4.39 Å². The van der Waals surface area contributed by atoms with E-state index in [2.05, 4.69) is 5.32 Å². The van der Waals surface area contributed by atoms with E-state index in [1.54, 1.807) is 4.90 Å². The van der Waals surface area contributed by atoms with Crippen molar-refractivity contribution in [2.75, 3.05) is 26.2 Å². The van der Waals surface area contributed by atoms with Crippen LogP contribution in [0.2, 0.25) is 0 Å². The average Bonchev–Trinajstić information content (AvgIpc) is 2.56. The molecule has 1 aliphatic heterocycles. The molecular weight excluding hydrogens is 251 g/mol. The zero-order valence-electron chi connectivity index (χ0n) is 10.5. The van der Waals surface area contributed by atoms with Crippen molar-refractivity contribution in [2.45, 2.75) is 12.5 Å². The highest BCUT2D eigenvalue weighted by Crippen LogP contribution is 2.26. The second-order valence-corrected chi connectivity index (χ2v) is 4.62. The molecule has 1 unspecified atom stereocenters. The van der Waals surface area contributed by atoms with E-state index in [9.17, 15) is 19.4 Å². The van der Waals surface area contributed by atoms with Gasteiger partial charge in [-0.15, -0.1) is 0 Å². The lowest BCUT2D eigenvalue weighted by Crippen LogP contribution is -2.36. The maximum Gasteiger partial charge on any atom is 0.325 e. The van der Waals surface area contributed by atoms with E-state index in [0.717, 1.165) is 25.1 Å². The molecule has 19 heavy (non-hydrogen) atoms. The van der Waals surface area contributed by atoms with Crippen LogP contribution in [0.15, 0.2) is 18.2 Å². The number of carboxylic acids is 1. The quantitative estimate of drug-likeness (QED) is 0.761. The Kier molecular flexibility index (Phi) is 4.34. The van der Waals surface area contributed by atoms with Gasteiger partial charge in [0.25, 0.3) is 0 Å². The summed E-state index contributed by atoms with van der Waals surface area (Å²) in [4.78, 5) is 13.3. The Hall–Kier alpha value is -1.66. The maximum atomic E-state index is 13.3. The summed E-state index contributed by atoms with van der Waals surface area (Å²) in [5, 5.41) is 22.0. The molecule has 0 aliphatic carbocycles. The third-order valence-electron chi connectivity index (χ3n) is 3.19. The van der Waals surface area contributed by atoms with Gasteiger partial charge in [0.2, 0.25) is 0 Å². The zero-order valence-corrected chi connectivity index (χ0v) is 10.5. The Balaban J connectivity index is 2.30. The van der Waals surface area contributed by atoms with Gasteiger partial charge < -0.3 is 15.5 Å². The fraction of sp³-hybridized carbons (Fsp3) is 0.462. The van der Waals surface area contributed by atoms with Crippen LogP contribution in [0, 0.1) is 5.82 Å². The molecular formula is C13H17FN2O3. The van der Waals surface area contributed by atoms with Gasteiger partial charge in [0, 0.05) is 25.7 Å². The molecule has 1 aromatic rings. The van der Waals surface area contributed by atoms with Gasteiger partial charge >= 0.3 is 5.97 Å². The molecule has 5 nitrogen and oxygen atoms in total. The molecule has 1 saturated heterocycles. The standard InChI is InChI=1S/C13H17FN2O3/c14-10-6-9(7-11(17)8-10)12(13(18)19)16-4-1-2-15-3-5-16/h6-8,12,15,17H,1-5H2,(H,18,19). The molecule has 0 amide bonds. The number of hydrogen-bond acceptors (Lipinski definition) is 4. The summed E-state index contributed by atoms with van der Waals surface area (Å²) in [6.45, 7) is 2.75. The van der Waals surface area contributed by atoms with Crippen molar-refractivity contribution >= 4 is 5.97 Å². The van der Waals surface area contributed by atoms with Crippen LogP contribution in [0.3, 0.4) is 0 Å². The predicted octanol–water partition coefficient (Wildman–Crippen LogP) is 0.952. The van der Waals surface area contributed by atoms with E-state index in [0.29, 0.717) is 19.6 Å². The fourth-order valence-electron chi connectivity index (χ4n) is 2.39. The summed E-state index contributed by atoms with van der Waals surface area (Å²) in [6.07, 6.45) is 0.838. The number of nitrogens with one attached hydrogen (secondary N) is 1. The number of phenols is 1. The van der Waals surface area contributed by atoms with Crippen LogP contribution in [0.5, 0.6) is 5.75 Å². The molecule has 3 N–H and O–H groups in total. The molecule has 6 heteroatoms. The zero-order chi connectivity index (χ0) is 13.8. The van der Waals surface area contributed by atoms with Crippen LogP contribution in [0.4, 0.5) is 4.39 Å². The minimum Gasteiger partial charge on any atom is -0.508 e. The van der Waals surface area contributed by atoms with Crippen molar-refractivity contribution in [2.24, 2.45) is 0 Å². The minimum atomic E-state index is -1.04. The van der Waals surface area contributed by atoms with E-state index in [1.807, 2.05) is 0 Å². The second-order valence-electron chi connectivity index (χ2n) is 4.62. The predicted molar refractivity (Wildman–Crippen MR) is 67.5 cm³/mol. The first-order valence-electron chi connectivity index (χ1n) is 6.25. The largest absolute Gasteiger partial charge is 0.508 e. The number of phenolic OH excluding ortho intramolecular Hbond substituents is 1. The Labute approximate surface area is 110 Å². The molecule has 0 saturated carbocycles. The monoisotopic (exact) mass is 268 g/mol. The molecule has 0 radical (unpaired) electrons. The lowest BCUT2D eigenvalue weighted by Gasteiger charge is -2.27. The highest BCUT2D eigenvalue weighted by Gasteiger charge is 2.28. The van der Waals surface area contributed by atoms with Crippen molar-refractivity contribution in [1.29, 1.82) is 0 Å². The van der Waals surface area contributed by atoms with Gasteiger partial charge in [0.05, 0.1) is 0 Å². The second kappa shape index (κ2) is 5.99. The molecule has 1 aliphatic rings. The van der Waals surface area contributed by atoms with Crippen LogP contribution in [-0.4, -0.2) is 47.3 Å². The number of aromatic hydroxyl groups is 1. The Morgan fingerprint density at radius 3 is 2.79 bits per heavy atom. The van der Waals surface area contributed by atoms with Crippen LogP contribution >= 0.6 is 0 Å². The lowest BCUT2D eigenvalue weighted by molar-refractivity contribution is -0.143. The first-order valence-corrected chi connectivity index (χ1v) is 6.25. The normalized spacial score (nSPS) is 18.8. The lowest BCUT2D eigenvalue weighted by atomic mass is 10.0. The third-order valence-corrected chi connectivity index (χ3v) is 3.19. The van der Waals surface area contributed by atoms with E-state index in [-0.39, 0.29) is 11.3 Å². The Morgan fingerprint density at radius 2 is 2.11 bits per heavy atom. The van der Waals surface area contributed by atoms with Crippen LogP contribution < -0.4 is 5.32 Å². The SMILES string of the molecule is O=C(O)C(c1cc(O)cc(F)c1)N1CCCNCC1. The molecule has 0 spiro atoms. The molecule has 2 rings (SSSR count). The number of aliphatic carboxylic acids is 1. The van der Waals surface area contributed by atoms with Gasteiger partial charge in [-0.1, -0.05) is 0 Å². The van der Waals surface area contributed by atoms with Gasteiger partial charge in [-0.3, -0.25) is 9.69 Å². The van der Waals surface area contributed by atoms with Crippen molar-refractivity contribution in [3.05, 3.63) is 29.6 Å². The van der Waals surface area contributed by atoms with E-state index < -0.39 is 17.8 Å². The van der Waals surface area contributed by atoms with Crippen LogP contribution in [-0.2, 0) is 4.79 Å². The van der Waals surface area contributed by atoms with E-state index in [1.165, 1.54) is 6.07 Å². The minimum absolute atomic E-state index is 0.255. The highest BCUT2D eigenvalue weighted by molar-refractivity contribution is 5.75. The van der Waals surface area contributed by atoms with E-state index >= 15 is 0 Å². The average molecular weight is 268 g/mol. The summed E-state index contributed by atoms with van der Waals surface area (Å²) in [6, 6.07) is 2.50. The number of halogens is 1. The third kappa shape index (κ3) is 3.42. The first kappa shape index (κ1) is 13.8. The number of benzene rings is 1. The number of nitrogens with zero attached hydrogens (tertiary/aromatic N) is 1. The summed E-state index contributed by atoms with van der Waals surface area (Å²) in [5.41, 5.74) is 0.270. The number of carboxylic acid groups (broad SMARTS) is 1. The van der Waals surface area contributed by atoms with Gasteiger partial charge in [0.1, 0.15) is 17.6 Å². The topological polar surface area (TPSA) is 72.8 Å². The summed E-state index contributed by atoms with van der Waals surface area (Å²) >= 11 is 0. The maximum absolute atomic E-state index is 13.3. The van der Waals surface area contributed by atoms with Crippen molar-refractivity contribution in [1.82, 2.24) is 10.2 Å². The van der Waals surface area contributed by atoms with Gasteiger partial charge in [-0.2, -0.15) is 0 Å².